The van der Waals surface area contributed by atoms with Crippen molar-refractivity contribution < 1.29 is 18.7 Å². The Morgan fingerprint density at radius 1 is 1.50 bits per heavy atom. The van der Waals surface area contributed by atoms with Crippen molar-refractivity contribution in [3.8, 4) is 0 Å². The zero-order valence-corrected chi connectivity index (χ0v) is 12.9. The van der Waals surface area contributed by atoms with E-state index in [9.17, 15) is 14.0 Å². The van der Waals surface area contributed by atoms with Crippen molar-refractivity contribution in [2.75, 3.05) is 11.9 Å². The second kappa shape index (κ2) is 7.50. The fraction of sp³-hybridized carbons (Fsp3) is 0.385. The molecule has 1 N–H and O–H groups in total. The SMILES string of the molecule is CCOC(=O)C(C)Sc1cc(NC(C)=O)c(F)cc1Cl. The Labute approximate surface area is 126 Å². The molecule has 1 rings (SSSR count). The molecule has 0 aromatic heterocycles. The van der Waals surface area contributed by atoms with Gasteiger partial charge in [-0.05, 0) is 26.0 Å². The fourth-order valence-electron chi connectivity index (χ4n) is 1.40. The average molecular weight is 320 g/mol. The summed E-state index contributed by atoms with van der Waals surface area (Å²) in [5.41, 5.74) is 0.0282. The van der Waals surface area contributed by atoms with E-state index in [1.165, 1.54) is 13.0 Å². The van der Waals surface area contributed by atoms with Crippen LogP contribution in [0.25, 0.3) is 0 Å². The molecular weight excluding hydrogens is 305 g/mol. The van der Waals surface area contributed by atoms with E-state index in [4.69, 9.17) is 16.3 Å². The Bertz CT molecular complexity index is 525. The van der Waals surface area contributed by atoms with Crippen LogP contribution < -0.4 is 5.32 Å². The predicted molar refractivity (Wildman–Crippen MR) is 77.7 cm³/mol. The van der Waals surface area contributed by atoms with Gasteiger partial charge in [0.2, 0.25) is 5.91 Å². The molecule has 1 atom stereocenters. The lowest BCUT2D eigenvalue weighted by Gasteiger charge is -2.13. The van der Waals surface area contributed by atoms with Crippen LogP contribution in [-0.4, -0.2) is 23.7 Å². The van der Waals surface area contributed by atoms with Gasteiger partial charge in [0, 0.05) is 11.8 Å². The zero-order chi connectivity index (χ0) is 15.3. The number of benzene rings is 1. The number of esters is 1. The molecule has 7 heteroatoms. The molecule has 110 valence electrons. The predicted octanol–water partition coefficient (Wildman–Crippen LogP) is 3.48. The van der Waals surface area contributed by atoms with E-state index < -0.39 is 11.1 Å². The molecule has 20 heavy (non-hydrogen) atoms. The molecule has 1 aromatic rings. The topological polar surface area (TPSA) is 55.4 Å². The van der Waals surface area contributed by atoms with E-state index in [0.717, 1.165) is 17.8 Å². The number of thioether (sulfide) groups is 1. The number of amides is 1. The summed E-state index contributed by atoms with van der Waals surface area (Å²) < 4.78 is 18.5. The van der Waals surface area contributed by atoms with Crippen LogP contribution in [0.15, 0.2) is 17.0 Å². The maximum Gasteiger partial charge on any atom is 0.319 e. The van der Waals surface area contributed by atoms with Gasteiger partial charge < -0.3 is 10.1 Å². The van der Waals surface area contributed by atoms with Crippen molar-refractivity contribution in [3.05, 3.63) is 23.0 Å². The summed E-state index contributed by atoms with van der Waals surface area (Å²) in [6.07, 6.45) is 0. The lowest BCUT2D eigenvalue weighted by Crippen LogP contribution is -2.16. The van der Waals surface area contributed by atoms with Gasteiger partial charge in [0.05, 0.1) is 17.3 Å². The Morgan fingerprint density at radius 3 is 2.70 bits per heavy atom. The molecule has 1 aromatic carbocycles. The molecule has 0 radical (unpaired) electrons. The van der Waals surface area contributed by atoms with Crippen LogP contribution in [0.4, 0.5) is 10.1 Å². The highest BCUT2D eigenvalue weighted by Crippen LogP contribution is 2.34. The van der Waals surface area contributed by atoms with Gasteiger partial charge in [-0.25, -0.2) is 4.39 Å². The van der Waals surface area contributed by atoms with Crippen LogP contribution in [0, 0.1) is 5.82 Å². The van der Waals surface area contributed by atoms with E-state index in [1.807, 2.05) is 0 Å². The standard InChI is InChI=1S/C13H15ClFNO3S/c1-4-19-13(18)7(2)20-12-6-11(16-8(3)17)10(15)5-9(12)14/h5-7H,4H2,1-3H3,(H,16,17). The van der Waals surface area contributed by atoms with Gasteiger partial charge in [-0.3, -0.25) is 9.59 Å². The summed E-state index contributed by atoms with van der Waals surface area (Å²) in [6.45, 7) is 4.95. The quantitative estimate of drug-likeness (QED) is 0.667. The lowest BCUT2D eigenvalue weighted by atomic mass is 10.3. The number of ether oxygens (including phenoxy) is 1. The summed E-state index contributed by atoms with van der Waals surface area (Å²) in [5, 5.41) is 2.06. The van der Waals surface area contributed by atoms with Crippen LogP contribution in [-0.2, 0) is 14.3 Å². The van der Waals surface area contributed by atoms with Crippen LogP contribution in [0.5, 0.6) is 0 Å². The summed E-state index contributed by atoms with van der Waals surface area (Å²) >= 11 is 7.08. The Hall–Kier alpha value is -1.27. The summed E-state index contributed by atoms with van der Waals surface area (Å²) in [5.74, 6) is -1.39. The molecule has 0 spiro atoms. The second-order valence-corrected chi connectivity index (χ2v) is 5.75. The normalized spacial score (nSPS) is 11.8. The molecule has 0 bridgehead atoms. The minimum absolute atomic E-state index is 0.0282. The number of hydrogen-bond acceptors (Lipinski definition) is 4. The number of anilines is 1. The number of carbonyl (C=O) groups is 2. The minimum Gasteiger partial charge on any atom is -0.465 e. The number of nitrogens with one attached hydrogen (secondary N) is 1. The van der Waals surface area contributed by atoms with Crippen molar-refractivity contribution in [2.24, 2.45) is 0 Å². The molecule has 1 unspecified atom stereocenters. The first-order valence-corrected chi connectivity index (χ1v) is 7.20. The maximum atomic E-state index is 13.6. The highest BCUT2D eigenvalue weighted by Gasteiger charge is 2.18. The number of rotatable bonds is 5. The summed E-state index contributed by atoms with van der Waals surface area (Å²) in [7, 11) is 0. The van der Waals surface area contributed by atoms with Crippen molar-refractivity contribution in [1.29, 1.82) is 0 Å². The largest absolute Gasteiger partial charge is 0.465 e. The molecule has 0 aliphatic heterocycles. The molecule has 4 nitrogen and oxygen atoms in total. The van der Waals surface area contributed by atoms with E-state index in [2.05, 4.69) is 5.32 Å². The summed E-state index contributed by atoms with van der Waals surface area (Å²) in [4.78, 5) is 23.0. The monoisotopic (exact) mass is 319 g/mol. The van der Waals surface area contributed by atoms with E-state index in [-0.39, 0.29) is 29.2 Å². The van der Waals surface area contributed by atoms with Crippen LogP contribution in [0.1, 0.15) is 20.8 Å². The van der Waals surface area contributed by atoms with Gasteiger partial charge in [0.15, 0.2) is 0 Å². The van der Waals surface area contributed by atoms with Gasteiger partial charge in [-0.15, -0.1) is 11.8 Å². The third-order valence-corrected chi connectivity index (χ3v) is 3.82. The highest BCUT2D eigenvalue weighted by molar-refractivity contribution is 8.00. The maximum absolute atomic E-state index is 13.6. The molecule has 0 fully saturated rings. The van der Waals surface area contributed by atoms with Gasteiger partial charge in [0.1, 0.15) is 11.1 Å². The van der Waals surface area contributed by atoms with E-state index in [1.54, 1.807) is 13.8 Å². The first-order chi connectivity index (χ1) is 9.35. The summed E-state index contributed by atoms with van der Waals surface area (Å²) in [6, 6.07) is 2.51. The third-order valence-electron chi connectivity index (χ3n) is 2.25. The smallest absolute Gasteiger partial charge is 0.319 e. The Kier molecular flexibility index (Phi) is 6.29. The molecule has 0 heterocycles. The van der Waals surface area contributed by atoms with Crippen LogP contribution in [0.2, 0.25) is 5.02 Å². The molecule has 0 aliphatic carbocycles. The van der Waals surface area contributed by atoms with Crippen molar-refractivity contribution >= 4 is 40.9 Å². The fourth-order valence-corrected chi connectivity index (χ4v) is 2.59. The van der Waals surface area contributed by atoms with E-state index in [0.29, 0.717) is 4.90 Å². The molecule has 0 saturated heterocycles. The Balaban J connectivity index is 2.94. The molecule has 0 saturated carbocycles. The van der Waals surface area contributed by atoms with Crippen LogP contribution >= 0.6 is 23.4 Å². The zero-order valence-electron chi connectivity index (χ0n) is 11.3. The highest BCUT2D eigenvalue weighted by atomic mass is 35.5. The average Bonchev–Trinajstić information content (AvgIpc) is 2.34. The van der Waals surface area contributed by atoms with Gasteiger partial charge in [0.25, 0.3) is 0 Å². The van der Waals surface area contributed by atoms with Crippen molar-refractivity contribution in [3.63, 3.8) is 0 Å². The van der Waals surface area contributed by atoms with Gasteiger partial charge in [-0.1, -0.05) is 11.6 Å². The second-order valence-electron chi connectivity index (χ2n) is 3.96. The van der Waals surface area contributed by atoms with Crippen LogP contribution in [0.3, 0.4) is 0 Å². The Morgan fingerprint density at radius 2 is 2.15 bits per heavy atom. The molecule has 0 aliphatic rings. The lowest BCUT2D eigenvalue weighted by molar-refractivity contribution is -0.142. The van der Waals surface area contributed by atoms with Crippen molar-refractivity contribution in [2.45, 2.75) is 30.9 Å². The van der Waals surface area contributed by atoms with E-state index >= 15 is 0 Å². The molecule has 1 amide bonds. The first-order valence-electron chi connectivity index (χ1n) is 5.95. The number of carbonyl (C=O) groups excluding carboxylic acids is 2. The molecular formula is C13H15ClFNO3S. The third kappa shape index (κ3) is 4.68. The van der Waals surface area contributed by atoms with Gasteiger partial charge in [-0.2, -0.15) is 0 Å². The van der Waals surface area contributed by atoms with Crippen molar-refractivity contribution in [1.82, 2.24) is 0 Å². The van der Waals surface area contributed by atoms with Gasteiger partial charge >= 0.3 is 5.97 Å². The minimum atomic E-state index is -0.627. The number of halogens is 2. The first kappa shape index (κ1) is 16.8. The number of hydrogen-bond donors (Lipinski definition) is 1.